The molecule has 0 saturated heterocycles. The molecule has 2 rings (SSSR count). The molecule has 1 heterocycles. The van der Waals surface area contributed by atoms with Gasteiger partial charge in [0, 0.05) is 0 Å². The van der Waals surface area contributed by atoms with Crippen LogP contribution in [0.2, 0.25) is 0 Å². The van der Waals surface area contributed by atoms with Crippen molar-refractivity contribution in [2.75, 3.05) is 0 Å². The number of hydrogen-bond donors (Lipinski definition) is 0. The molecule has 2 atom stereocenters. The summed E-state index contributed by atoms with van der Waals surface area (Å²) in [6.07, 6.45) is -0.975. The molecule has 1 aromatic heterocycles. The van der Waals surface area contributed by atoms with Gasteiger partial charge in [0.25, 0.3) is 0 Å². The van der Waals surface area contributed by atoms with Crippen molar-refractivity contribution in [3.05, 3.63) is 17.5 Å². The molecule has 12 heavy (non-hydrogen) atoms. The van der Waals surface area contributed by atoms with Crippen LogP contribution < -0.4 is 0 Å². The third-order valence-corrected chi connectivity index (χ3v) is 5.46. The average Bonchev–Trinajstić information content (AvgIpc) is 2.53. The molecule has 1 fully saturated rings. The van der Waals surface area contributed by atoms with Crippen molar-refractivity contribution < 1.29 is 12.8 Å². The second-order valence-corrected chi connectivity index (χ2v) is 6.11. The normalized spacial score (nSPS) is 28.8. The first-order valence-electron chi connectivity index (χ1n) is 3.54. The van der Waals surface area contributed by atoms with Crippen LogP contribution in [0.1, 0.15) is 6.42 Å². The highest BCUT2D eigenvalue weighted by Gasteiger charge is 2.49. The van der Waals surface area contributed by atoms with Crippen LogP contribution in [0, 0.1) is 0 Å². The lowest BCUT2D eigenvalue weighted by atomic mass is 10.7. The fourth-order valence-electron chi connectivity index (χ4n) is 1.04. The molecule has 1 aliphatic rings. The van der Waals surface area contributed by atoms with Crippen LogP contribution in [0.3, 0.4) is 0 Å². The first kappa shape index (κ1) is 8.19. The lowest BCUT2D eigenvalue weighted by Gasteiger charge is -1.95. The minimum absolute atomic E-state index is 0.167. The van der Waals surface area contributed by atoms with Gasteiger partial charge in [-0.25, -0.2) is 12.8 Å². The standard InChI is InChI=1S/C7H7FO2S2/c8-5-4-6(5)12(9,10)7-2-1-3-11-7/h1-3,5-6H,4H2/t5-,6-/m1/s1. The first-order valence-corrected chi connectivity index (χ1v) is 5.96. The van der Waals surface area contributed by atoms with Gasteiger partial charge in [0.05, 0.1) is 0 Å². The van der Waals surface area contributed by atoms with Gasteiger partial charge in [-0.1, -0.05) is 6.07 Å². The zero-order valence-corrected chi connectivity index (χ0v) is 7.74. The van der Waals surface area contributed by atoms with Crippen LogP contribution >= 0.6 is 11.3 Å². The Morgan fingerprint density at radius 3 is 2.67 bits per heavy atom. The Kier molecular flexibility index (Phi) is 1.73. The van der Waals surface area contributed by atoms with E-state index >= 15 is 0 Å². The number of halogens is 1. The lowest BCUT2D eigenvalue weighted by Crippen LogP contribution is -2.07. The maximum atomic E-state index is 12.5. The highest BCUT2D eigenvalue weighted by molar-refractivity contribution is 7.94. The SMILES string of the molecule is O=S(=O)(c1cccs1)[C@@H]1C[C@H]1F. The third kappa shape index (κ3) is 1.17. The van der Waals surface area contributed by atoms with Crippen molar-refractivity contribution in [2.24, 2.45) is 0 Å². The van der Waals surface area contributed by atoms with Crippen LogP contribution in [0.15, 0.2) is 21.7 Å². The summed E-state index contributed by atoms with van der Waals surface area (Å²) in [7, 11) is -3.33. The van der Waals surface area contributed by atoms with E-state index in [0.717, 1.165) is 11.3 Å². The van der Waals surface area contributed by atoms with Crippen molar-refractivity contribution in [3.8, 4) is 0 Å². The molecule has 0 aliphatic heterocycles. The molecule has 0 aromatic carbocycles. The number of thiophene rings is 1. The lowest BCUT2D eigenvalue weighted by molar-refractivity contribution is 0.477. The largest absolute Gasteiger partial charge is 0.246 e. The highest BCUT2D eigenvalue weighted by Crippen LogP contribution is 2.38. The van der Waals surface area contributed by atoms with Crippen LogP contribution in [-0.2, 0) is 9.84 Å². The van der Waals surface area contributed by atoms with Crippen molar-refractivity contribution in [1.29, 1.82) is 0 Å². The van der Waals surface area contributed by atoms with E-state index in [1.54, 1.807) is 11.4 Å². The summed E-state index contributed by atoms with van der Waals surface area (Å²) in [4.78, 5) is 0. The van der Waals surface area contributed by atoms with Gasteiger partial charge in [0.1, 0.15) is 15.6 Å². The van der Waals surface area contributed by atoms with Gasteiger partial charge < -0.3 is 0 Å². The van der Waals surface area contributed by atoms with Crippen LogP contribution in [0.4, 0.5) is 4.39 Å². The molecule has 0 radical (unpaired) electrons. The number of alkyl halides is 1. The molecule has 2 nitrogen and oxygen atoms in total. The van der Waals surface area contributed by atoms with Gasteiger partial charge in [0.2, 0.25) is 0 Å². The summed E-state index contributed by atoms with van der Waals surface area (Å²) < 4.78 is 35.6. The number of sulfone groups is 1. The average molecular weight is 206 g/mol. The number of hydrogen-bond acceptors (Lipinski definition) is 3. The summed E-state index contributed by atoms with van der Waals surface area (Å²) in [5.74, 6) is 0. The molecule has 1 aromatic rings. The van der Waals surface area contributed by atoms with E-state index < -0.39 is 21.3 Å². The highest BCUT2D eigenvalue weighted by atomic mass is 32.2. The Balaban J connectivity index is 2.35. The fraction of sp³-hybridized carbons (Fsp3) is 0.429. The minimum atomic E-state index is -3.33. The van der Waals surface area contributed by atoms with Gasteiger partial charge in [-0.3, -0.25) is 0 Å². The van der Waals surface area contributed by atoms with Crippen LogP contribution in [0.25, 0.3) is 0 Å². The smallest absolute Gasteiger partial charge is 0.193 e. The Bertz CT molecular complexity index is 368. The Morgan fingerprint density at radius 2 is 2.25 bits per heavy atom. The molecule has 0 bridgehead atoms. The molecule has 0 N–H and O–H groups in total. The third-order valence-electron chi connectivity index (χ3n) is 1.83. The summed E-state index contributed by atoms with van der Waals surface area (Å²) in [5, 5.41) is 0.916. The van der Waals surface area contributed by atoms with E-state index in [-0.39, 0.29) is 10.6 Å². The fourth-order valence-corrected chi connectivity index (χ4v) is 3.95. The second kappa shape index (κ2) is 2.53. The van der Waals surface area contributed by atoms with Gasteiger partial charge in [-0.05, 0) is 17.9 Å². The molecule has 66 valence electrons. The Hall–Kier alpha value is -0.420. The summed E-state index contributed by atoms with van der Waals surface area (Å²) in [5.41, 5.74) is 0. The molecular weight excluding hydrogens is 199 g/mol. The van der Waals surface area contributed by atoms with Crippen molar-refractivity contribution in [1.82, 2.24) is 0 Å². The zero-order valence-electron chi connectivity index (χ0n) is 6.10. The Morgan fingerprint density at radius 1 is 1.58 bits per heavy atom. The molecule has 0 amide bonds. The predicted octanol–water partition coefficient (Wildman–Crippen LogP) is 1.63. The second-order valence-electron chi connectivity index (χ2n) is 2.77. The molecule has 0 spiro atoms. The van der Waals surface area contributed by atoms with E-state index in [1.807, 2.05) is 0 Å². The van der Waals surface area contributed by atoms with Gasteiger partial charge >= 0.3 is 0 Å². The van der Waals surface area contributed by atoms with E-state index in [2.05, 4.69) is 0 Å². The predicted molar refractivity (Wildman–Crippen MR) is 44.8 cm³/mol. The van der Waals surface area contributed by atoms with Gasteiger partial charge in [-0.15, -0.1) is 11.3 Å². The molecule has 1 aliphatic carbocycles. The van der Waals surface area contributed by atoms with E-state index in [9.17, 15) is 12.8 Å². The maximum absolute atomic E-state index is 12.5. The van der Waals surface area contributed by atoms with Gasteiger partial charge in [-0.2, -0.15) is 0 Å². The molecule has 0 unspecified atom stereocenters. The summed E-state index contributed by atoms with van der Waals surface area (Å²) >= 11 is 1.15. The van der Waals surface area contributed by atoms with E-state index in [1.165, 1.54) is 6.07 Å². The quantitative estimate of drug-likeness (QED) is 0.737. The van der Waals surface area contributed by atoms with Crippen molar-refractivity contribution in [2.45, 2.75) is 22.1 Å². The summed E-state index contributed by atoms with van der Waals surface area (Å²) in [6, 6.07) is 3.18. The van der Waals surface area contributed by atoms with Crippen molar-refractivity contribution in [3.63, 3.8) is 0 Å². The van der Waals surface area contributed by atoms with E-state index in [4.69, 9.17) is 0 Å². The monoisotopic (exact) mass is 206 g/mol. The molecule has 5 heteroatoms. The van der Waals surface area contributed by atoms with E-state index in [0.29, 0.717) is 0 Å². The first-order chi connectivity index (χ1) is 5.62. The minimum Gasteiger partial charge on any atom is -0.246 e. The Labute approximate surface area is 74.0 Å². The van der Waals surface area contributed by atoms with Crippen molar-refractivity contribution >= 4 is 21.2 Å². The van der Waals surface area contributed by atoms with Crippen LogP contribution in [-0.4, -0.2) is 19.8 Å². The van der Waals surface area contributed by atoms with Gasteiger partial charge in [0.15, 0.2) is 9.84 Å². The molecular formula is C7H7FO2S2. The summed E-state index contributed by atoms with van der Waals surface area (Å²) in [6.45, 7) is 0. The number of rotatable bonds is 2. The van der Waals surface area contributed by atoms with Crippen LogP contribution in [0.5, 0.6) is 0 Å². The topological polar surface area (TPSA) is 34.1 Å². The molecule has 1 saturated carbocycles. The maximum Gasteiger partial charge on any atom is 0.193 e. The zero-order chi connectivity index (χ0) is 8.77.